The lowest BCUT2D eigenvalue weighted by atomic mass is 10.1. The van der Waals surface area contributed by atoms with Gasteiger partial charge in [0.15, 0.2) is 0 Å². The first-order chi connectivity index (χ1) is 9.33. The lowest BCUT2D eigenvalue weighted by Crippen LogP contribution is -2.22. The van der Waals surface area contributed by atoms with Gasteiger partial charge >= 0.3 is 0 Å². The number of nitrogens with one attached hydrogen (secondary N) is 2. The highest BCUT2D eigenvalue weighted by atomic mass is 14.9. The summed E-state index contributed by atoms with van der Waals surface area (Å²) < 4.78 is 0. The lowest BCUT2D eigenvalue weighted by molar-refractivity contribution is 0.782. The van der Waals surface area contributed by atoms with E-state index in [0.29, 0.717) is 0 Å². The second-order valence-electron chi connectivity index (χ2n) is 4.77. The molecule has 1 unspecified atom stereocenters. The molecule has 0 amide bonds. The molecule has 1 aromatic heterocycles. The minimum absolute atomic E-state index is 0.000771. The van der Waals surface area contributed by atoms with Gasteiger partial charge < -0.3 is 16.0 Å². The summed E-state index contributed by atoms with van der Waals surface area (Å²) in [5, 5.41) is 4.66. The Hall–Kier alpha value is -2.18. The second-order valence-corrected chi connectivity index (χ2v) is 4.77. The van der Waals surface area contributed by atoms with Crippen LogP contribution in [0.4, 0.5) is 0 Å². The first kappa shape index (κ1) is 11.9. The molecular formula is C16H17N3. The van der Waals surface area contributed by atoms with Crippen molar-refractivity contribution in [1.82, 2.24) is 10.3 Å². The van der Waals surface area contributed by atoms with Crippen molar-refractivity contribution in [3.05, 3.63) is 47.8 Å². The quantitative estimate of drug-likeness (QED) is 0.727. The Kier molecular flexibility index (Phi) is 3.26. The zero-order valence-corrected chi connectivity index (χ0v) is 10.7. The number of aromatic nitrogens is 1. The Morgan fingerprint density at radius 1 is 1.37 bits per heavy atom. The van der Waals surface area contributed by atoms with E-state index in [9.17, 15) is 0 Å². The maximum Gasteiger partial charge on any atom is 0.0814 e. The van der Waals surface area contributed by atoms with Crippen LogP contribution in [0, 0.1) is 11.8 Å². The molecular weight excluding hydrogens is 234 g/mol. The molecule has 4 N–H and O–H groups in total. The number of aromatic amines is 1. The van der Waals surface area contributed by atoms with Gasteiger partial charge in [-0.15, -0.1) is 0 Å². The van der Waals surface area contributed by atoms with E-state index in [0.717, 1.165) is 25.1 Å². The fourth-order valence-electron chi connectivity index (χ4n) is 2.31. The molecule has 0 bridgehead atoms. The van der Waals surface area contributed by atoms with Crippen molar-refractivity contribution in [2.75, 3.05) is 6.54 Å². The molecule has 1 aliphatic rings. The van der Waals surface area contributed by atoms with Gasteiger partial charge in [0.1, 0.15) is 0 Å². The van der Waals surface area contributed by atoms with Crippen molar-refractivity contribution in [3.63, 3.8) is 0 Å². The number of fused-ring (bicyclic) bond motifs is 1. The summed E-state index contributed by atoms with van der Waals surface area (Å²) in [6.07, 6.45) is 5.98. The molecule has 96 valence electrons. The second kappa shape index (κ2) is 5.21. The van der Waals surface area contributed by atoms with Crippen LogP contribution >= 0.6 is 0 Å². The fraction of sp³-hybridized carbons (Fsp3) is 0.250. The maximum atomic E-state index is 5.71. The molecule has 0 spiro atoms. The molecule has 1 atom stereocenters. The molecule has 1 heterocycles. The summed E-state index contributed by atoms with van der Waals surface area (Å²) in [6.45, 7) is 0.887. The number of para-hydroxylation sites is 1. The van der Waals surface area contributed by atoms with E-state index in [1.54, 1.807) is 0 Å². The summed E-state index contributed by atoms with van der Waals surface area (Å²) in [7, 11) is 0. The third kappa shape index (κ3) is 2.64. The average molecular weight is 251 g/mol. The monoisotopic (exact) mass is 251 g/mol. The van der Waals surface area contributed by atoms with Crippen LogP contribution < -0.4 is 11.1 Å². The van der Waals surface area contributed by atoms with Crippen molar-refractivity contribution in [2.24, 2.45) is 5.73 Å². The number of nitrogens with two attached hydrogens (primary N) is 1. The molecule has 0 saturated heterocycles. The highest BCUT2D eigenvalue weighted by Crippen LogP contribution is 2.17. The van der Waals surface area contributed by atoms with Gasteiger partial charge in [0.25, 0.3) is 0 Å². The fourth-order valence-corrected chi connectivity index (χ4v) is 2.31. The van der Waals surface area contributed by atoms with Gasteiger partial charge in [0.2, 0.25) is 0 Å². The van der Waals surface area contributed by atoms with Gasteiger partial charge in [0.05, 0.1) is 11.7 Å². The molecule has 3 nitrogen and oxygen atoms in total. The summed E-state index contributed by atoms with van der Waals surface area (Å²) in [4.78, 5) is 3.30. The molecule has 1 aromatic carbocycles. The number of rotatable bonds is 4. The van der Waals surface area contributed by atoms with Crippen LogP contribution in [0.2, 0.25) is 0 Å². The van der Waals surface area contributed by atoms with Crippen molar-refractivity contribution in [2.45, 2.75) is 18.9 Å². The molecule has 3 heteroatoms. The minimum Gasteiger partial charge on any atom is -0.378 e. The highest BCUT2D eigenvalue weighted by molar-refractivity contribution is 5.83. The first-order valence-electron chi connectivity index (χ1n) is 6.59. The van der Waals surface area contributed by atoms with Gasteiger partial charge in [-0.25, -0.2) is 0 Å². The van der Waals surface area contributed by atoms with E-state index in [1.165, 1.54) is 16.5 Å². The van der Waals surface area contributed by atoms with Crippen molar-refractivity contribution < 1.29 is 0 Å². The predicted molar refractivity (Wildman–Crippen MR) is 78.5 cm³/mol. The minimum atomic E-state index is -0.000771. The summed E-state index contributed by atoms with van der Waals surface area (Å²) >= 11 is 0. The van der Waals surface area contributed by atoms with Crippen LogP contribution in [0.3, 0.4) is 0 Å². The predicted octanol–water partition coefficient (Wildman–Crippen LogP) is 1.92. The maximum absolute atomic E-state index is 5.71. The third-order valence-corrected chi connectivity index (χ3v) is 3.35. The molecule has 3 rings (SSSR count). The Morgan fingerprint density at radius 2 is 2.26 bits per heavy atom. The van der Waals surface area contributed by atoms with Gasteiger partial charge in [-0.2, -0.15) is 0 Å². The average Bonchev–Trinajstić information content (AvgIpc) is 2.85. The van der Waals surface area contributed by atoms with Crippen LogP contribution in [0.25, 0.3) is 10.9 Å². The van der Waals surface area contributed by atoms with E-state index < -0.39 is 0 Å². The Balaban J connectivity index is 1.61. The smallest absolute Gasteiger partial charge is 0.0814 e. The van der Waals surface area contributed by atoms with Gasteiger partial charge in [-0.1, -0.05) is 24.1 Å². The SMILES string of the molecule is NC1C#CC(NCCc2c[nH]c3ccccc23)=CC1. The molecule has 0 saturated carbocycles. The Bertz CT molecular complexity index is 670. The van der Waals surface area contributed by atoms with E-state index >= 15 is 0 Å². The number of benzene rings is 1. The molecule has 1 aliphatic carbocycles. The van der Waals surface area contributed by atoms with E-state index in [1.807, 2.05) is 6.07 Å². The van der Waals surface area contributed by atoms with Crippen molar-refractivity contribution in [1.29, 1.82) is 0 Å². The molecule has 0 fully saturated rings. The van der Waals surface area contributed by atoms with Gasteiger partial charge in [0, 0.05) is 23.6 Å². The van der Waals surface area contributed by atoms with E-state index in [-0.39, 0.29) is 6.04 Å². The topological polar surface area (TPSA) is 53.8 Å². The lowest BCUT2D eigenvalue weighted by Gasteiger charge is -2.10. The molecule has 0 radical (unpaired) electrons. The number of hydrogen-bond acceptors (Lipinski definition) is 2. The Labute approximate surface area is 112 Å². The summed E-state index contributed by atoms with van der Waals surface area (Å²) in [5.41, 5.74) is 9.25. The van der Waals surface area contributed by atoms with E-state index in [4.69, 9.17) is 5.73 Å². The number of H-pyrrole nitrogens is 1. The molecule has 19 heavy (non-hydrogen) atoms. The summed E-state index contributed by atoms with van der Waals surface area (Å²) in [6, 6.07) is 8.37. The number of allylic oxidation sites excluding steroid dienone is 1. The van der Waals surface area contributed by atoms with E-state index in [2.05, 4.69) is 52.6 Å². The van der Waals surface area contributed by atoms with Crippen molar-refractivity contribution >= 4 is 10.9 Å². The van der Waals surface area contributed by atoms with Crippen LogP contribution in [0.15, 0.2) is 42.2 Å². The summed E-state index contributed by atoms with van der Waals surface area (Å²) in [5.74, 6) is 6.05. The third-order valence-electron chi connectivity index (χ3n) is 3.35. The zero-order valence-electron chi connectivity index (χ0n) is 10.7. The molecule has 0 aliphatic heterocycles. The first-order valence-corrected chi connectivity index (χ1v) is 6.59. The Morgan fingerprint density at radius 3 is 3.11 bits per heavy atom. The van der Waals surface area contributed by atoms with Crippen LogP contribution in [0.1, 0.15) is 12.0 Å². The standard InChI is InChI=1S/C16H17N3/c17-13-5-7-14(8-6-13)18-10-9-12-11-19-16-4-2-1-3-15(12)16/h1-4,7,11,13,18-19H,5,9-10,17H2. The number of hydrogen-bond donors (Lipinski definition) is 3. The zero-order chi connectivity index (χ0) is 13.1. The van der Waals surface area contributed by atoms with Crippen LogP contribution in [-0.4, -0.2) is 17.6 Å². The largest absolute Gasteiger partial charge is 0.378 e. The molecule has 2 aromatic rings. The van der Waals surface area contributed by atoms with Gasteiger partial charge in [-0.3, -0.25) is 0 Å². The van der Waals surface area contributed by atoms with Gasteiger partial charge in [-0.05, 0) is 36.5 Å². The van der Waals surface area contributed by atoms with Crippen LogP contribution in [0.5, 0.6) is 0 Å². The van der Waals surface area contributed by atoms with Crippen LogP contribution in [-0.2, 0) is 6.42 Å². The van der Waals surface area contributed by atoms with Crippen molar-refractivity contribution in [3.8, 4) is 11.8 Å². The highest BCUT2D eigenvalue weighted by Gasteiger charge is 2.04. The normalized spacial score (nSPS) is 17.7.